The van der Waals surface area contributed by atoms with E-state index in [1.165, 1.54) is 0 Å². The summed E-state index contributed by atoms with van der Waals surface area (Å²) in [6.45, 7) is 2.12. The van der Waals surface area contributed by atoms with E-state index in [1.807, 2.05) is 12.1 Å². The van der Waals surface area contributed by atoms with Gasteiger partial charge in [-0.25, -0.2) is 0 Å². The first-order valence-electron chi connectivity index (χ1n) is 6.62. The summed E-state index contributed by atoms with van der Waals surface area (Å²) in [5.74, 6) is -1.01. The van der Waals surface area contributed by atoms with Crippen LogP contribution < -0.4 is 15.2 Å². The quantitative estimate of drug-likeness (QED) is 0.691. The monoisotopic (exact) mass is 284 g/mol. The number of hydrogen-bond donors (Lipinski definition) is 1. The van der Waals surface area contributed by atoms with Crippen LogP contribution in [0.5, 0.6) is 5.75 Å². The standard InChI is InChI=1S/C16H16N2O3/c1-2-17-15(19)16(20)18(13-9-5-3-6-10-13)21-14-11-7-4-8-12-14/h3-12H,2H2,1H3,(H,17,19). The first kappa shape index (κ1) is 14.6. The molecule has 0 saturated carbocycles. The highest BCUT2D eigenvalue weighted by Crippen LogP contribution is 2.18. The molecule has 5 heteroatoms. The van der Waals surface area contributed by atoms with Crippen LogP contribution in [0.3, 0.4) is 0 Å². The van der Waals surface area contributed by atoms with Crippen molar-refractivity contribution >= 4 is 17.5 Å². The third-order valence-corrected chi connectivity index (χ3v) is 2.65. The molecule has 0 aromatic heterocycles. The molecule has 0 aliphatic heterocycles. The van der Waals surface area contributed by atoms with Crippen LogP contribution in [0.1, 0.15) is 6.92 Å². The molecule has 21 heavy (non-hydrogen) atoms. The number of para-hydroxylation sites is 2. The maximum Gasteiger partial charge on any atom is 0.349 e. The van der Waals surface area contributed by atoms with Gasteiger partial charge in [0, 0.05) is 6.54 Å². The number of rotatable bonds is 4. The van der Waals surface area contributed by atoms with Gasteiger partial charge in [0.1, 0.15) is 0 Å². The van der Waals surface area contributed by atoms with Gasteiger partial charge in [-0.3, -0.25) is 9.59 Å². The summed E-state index contributed by atoms with van der Waals surface area (Å²) >= 11 is 0. The molecule has 0 atom stereocenters. The molecule has 108 valence electrons. The number of carbonyl (C=O) groups is 2. The van der Waals surface area contributed by atoms with Gasteiger partial charge < -0.3 is 10.2 Å². The van der Waals surface area contributed by atoms with Crippen molar-refractivity contribution in [2.24, 2.45) is 0 Å². The van der Waals surface area contributed by atoms with Gasteiger partial charge in [0.15, 0.2) is 5.75 Å². The number of hydrogen-bond acceptors (Lipinski definition) is 3. The maximum absolute atomic E-state index is 12.2. The average molecular weight is 284 g/mol. The van der Waals surface area contributed by atoms with Crippen LogP contribution in [0.15, 0.2) is 60.7 Å². The van der Waals surface area contributed by atoms with E-state index in [9.17, 15) is 9.59 Å². The molecule has 0 aliphatic rings. The Hall–Kier alpha value is -2.82. The van der Waals surface area contributed by atoms with Crippen LogP contribution in [0.4, 0.5) is 5.69 Å². The van der Waals surface area contributed by atoms with Crippen LogP contribution in [0, 0.1) is 0 Å². The minimum absolute atomic E-state index is 0.374. The first-order valence-corrected chi connectivity index (χ1v) is 6.62. The van der Waals surface area contributed by atoms with E-state index in [4.69, 9.17) is 4.84 Å². The second-order valence-corrected chi connectivity index (χ2v) is 4.20. The normalized spacial score (nSPS) is 9.76. The van der Waals surface area contributed by atoms with Gasteiger partial charge in [0.05, 0.1) is 5.69 Å². The fraction of sp³-hybridized carbons (Fsp3) is 0.125. The zero-order valence-corrected chi connectivity index (χ0v) is 11.7. The number of amides is 2. The lowest BCUT2D eigenvalue weighted by atomic mass is 10.3. The Labute approximate surface area is 123 Å². The van der Waals surface area contributed by atoms with Crippen molar-refractivity contribution in [1.29, 1.82) is 0 Å². The van der Waals surface area contributed by atoms with Crippen molar-refractivity contribution in [3.8, 4) is 5.75 Å². The Balaban J connectivity index is 2.27. The fourth-order valence-electron chi connectivity index (χ4n) is 1.69. The molecule has 0 bridgehead atoms. The van der Waals surface area contributed by atoms with Crippen molar-refractivity contribution in [2.75, 3.05) is 11.6 Å². The number of likely N-dealkylation sites (N-methyl/N-ethyl adjacent to an activating group) is 1. The Morgan fingerprint density at radius 3 is 2.14 bits per heavy atom. The van der Waals surface area contributed by atoms with E-state index < -0.39 is 11.8 Å². The highest BCUT2D eigenvalue weighted by molar-refractivity contribution is 6.39. The molecule has 2 amide bonds. The van der Waals surface area contributed by atoms with Gasteiger partial charge >= 0.3 is 11.8 Å². The topological polar surface area (TPSA) is 58.6 Å². The summed E-state index contributed by atoms with van der Waals surface area (Å²) < 4.78 is 0. The number of anilines is 1. The van der Waals surface area contributed by atoms with E-state index in [0.717, 1.165) is 5.06 Å². The molecular formula is C16H16N2O3. The SMILES string of the molecule is CCNC(=O)C(=O)N(Oc1ccccc1)c1ccccc1. The van der Waals surface area contributed by atoms with Gasteiger partial charge in [0.25, 0.3) is 0 Å². The smallest absolute Gasteiger partial charge is 0.349 e. The summed E-state index contributed by atoms with van der Waals surface area (Å²) in [4.78, 5) is 29.5. The Bertz CT molecular complexity index is 599. The molecular weight excluding hydrogens is 268 g/mol. The van der Waals surface area contributed by atoms with E-state index in [1.54, 1.807) is 55.5 Å². The molecule has 5 nitrogen and oxygen atoms in total. The minimum atomic E-state index is -0.771. The molecule has 0 heterocycles. The average Bonchev–Trinajstić information content (AvgIpc) is 2.54. The summed E-state index contributed by atoms with van der Waals surface area (Å²) in [5, 5.41) is 3.46. The van der Waals surface area contributed by atoms with Gasteiger partial charge in [-0.15, -0.1) is 5.06 Å². The van der Waals surface area contributed by atoms with Gasteiger partial charge in [-0.05, 0) is 31.2 Å². The Morgan fingerprint density at radius 2 is 1.57 bits per heavy atom. The number of hydroxylamine groups is 1. The second-order valence-electron chi connectivity index (χ2n) is 4.20. The predicted octanol–water partition coefficient (Wildman–Crippen LogP) is 2.15. The number of carbonyl (C=O) groups excluding carboxylic acids is 2. The third kappa shape index (κ3) is 3.82. The summed E-state index contributed by atoms with van der Waals surface area (Å²) in [6, 6.07) is 17.6. The number of benzene rings is 2. The molecule has 0 saturated heterocycles. The van der Waals surface area contributed by atoms with Crippen molar-refractivity contribution in [3.63, 3.8) is 0 Å². The first-order chi connectivity index (χ1) is 10.2. The minimum Gasteiger partial charge on any atom is -0.371 e. The predicted molar refractivity (Wildman–Crippen MR) is 79.7 cm³/mol. The number of nitrogens with one attached hydrogen (secondary N) is 1. The highest BCUT2D eigenvalue weighted by Gasteiger charge is 2.25. The van der Waals surface area contributed by atoms with Crippen molar-refractivity contribution < 1.29 is 14.4 Å². The molecule has 2 rings (SSSR count). The van der Waals surface area contributed by atoms with Gasteiger partial charge in [-0.1, -0.05) is 36.4 Å². The van der Waals surface area contributed by atoms with Crippen LogP contribution in [0.2, 0.25) is 0 Å². The molecule has 0 spiro atoms. The van der Waals surface area contributed by atoms with Crippen molar-refractivity contribution in [1.82, 2.24) is 5.32 Å². The fourth-order valence-corrected chi connectivity index (χ4v) is 1.69. The summed E-state index contributed by atoms with van der Waals surface area (Å²) in [6.07, 6.45) is 0. The molecule has 2 aromatic rings. The largest absolute Gasteiger partial charge is 0.371 e. The number of nitrogens with zero attached hydrogens (tertiary/aromatic N) is 1. The molecule has 0 fully saturated rings. The van der Waals surface area contributed by atoms with Gasteiger partial charge in [0.2, 0.25) is 0 Å². The zero-order valence-electron chi connectivity index (χ0n) is 11.7. The molecule has 0 unspecified atom stereocenters. The third-order valence-electron chi connectivity index (χ3n) is 2.65. The highest BCUT2D eigenvalue weighted by atomic mass is 16.7. The lowest BCUT2D eigenvalue weighted by molar-refractivity contribution is -0.140. The zero-order chi connectivity index (χ0) is 15.1. The Kier molecular flexibility index (Phi) is 4.93. The van der Waals surface area contributed by atoms with Crippen LogP contribution in [-0.2, 0) is 9.59 Å². The summed E-state index contributed by atoms with van der Waals surface area (Å²) in [5.41, 5.74) is 0.484. The van der Waals surface area contributed by atoms with Crippen LogP contribution in [-0.4, -0.2) is 18.4 Å². The van der Waals surface area contributed by atoms with Crippen LogP contribution >= 0.6 is 0 Å². The Morgan fingerprint density at radius 1 is 1.00 bits per heavy atom. The molecule has 2 aromatic carbocycles. The molecule has 1 N–H and O–H groups in total. The lowest BCUT2D eigenvalue weighted by Crippen LogP contribution is -2.44. The second kappa shape index (κ2) is 7.09. The maximum atomic E-state index is 12.2. The lowest BCUT2D eigenvalue weighted by Gasteiger charge is -2.21. The van der Waals surface area contributed by atoms with E-state index >= 15 is 0 Å². The van der Waals surface area contributed by atoms with E-state index in [-0.39, 0.29) is 0 Å². The van der Waals surface area contributed by atoms with Crippen molar-refractivity contribution in [2.45, 2.75) is 6.92 Å². The molecule has 0 aliphatic carbocycles. The van der Waals surface area contributed by atoms with E-state index in [0.29, 0.717) is 18.0 Å². The molecule has 0 radical (unpaired) electrons. The van der Waals surface area contributed by atoms with Crippen molar-refractivity contribution in [3.05, 3.63) is 60.7 Å². The van der Waals surface area contributed by atoms with E-state index in [2.05, 4.69) is 5.32 Å². The van der Waals surface area contributed by atoms with Gasteiger partial charge in [-0.2, -0.15) is 0 Å². The van der Waals surface area contributed by atoms with Crippen LogP contribution in [0.25, 0.3) is 0 Å². The summed E-state index contributed by atoms with van der Waals surface area (Å²) in [7, 11) is 0.